The van der Waals surface area contributed by atoms with Crippen molar-refractivity contribution in [1.82, 2.24) is 0 Å². The van der Waals surface area contributed by atoms with E-state index in [0.717, 1.165) is 12.0 Å². The van der Waals surface area contributed by atoms with Crippen molar-refractivity contribution in [2.75, 3.05) is 6.26 Å². The summed E-state index contributed by atoms with van der Waals surface area (Å²) in [7, 11) is -3.02. The quantitative estimate of drug-likeness (QED) is 0.859. The zero-order valence-electron chi connectivity index (χ0n) is 9.55. The summed E-state index contributed by atoms with van der Waals surface area (Å²) in [5.74, 6) is -0.0130. The molecule has 0 saturated heterocycles. The van der Waals surface area contributed by atoms with Crippen LogP contribution in [-0.4, -0.2) is 26.0 Å². The number of hydrogen-bond donors (Lipinski definition) is 1. The number of aryl methyl sites for hydroxylation is 1. The molecule has 3 atom stereocenters. The molecule has 1 aromatic rings. The minimum atomic E-state index is -3.02. The fraction of sp³-hybridized carbons (Fsp3) is 0.500. The van der Waals surface area contributed by atoms with Crippen molar-refractivity contribution in [3.8, 4) is 0 Å². The summed E-state index contributed by atoms with van der Waals surface area (Å²) in [6.45, 7) is 2.09. The van der Waals surface area contributed by atoms with Gasteiger partial charge in [-0.05, 0) is 17.5 Å². The molecule has 1 aliphatic rings. The third-order valence-corrected chi connectivity index (χ3v) is 4.87. The van der Waals surface area contributed by atoms with Gasteiger partial charge in [-0.1, -0.05) is 31.2 Å². The average molecular weight is 239 g/mol. The molecule has 88 valence electrons. The second kappa shape index (κ2) is 3.86. The first-order chi connectivity index (χ1) is 7.45. The molecule has 1 fully saturated rings. The summed E-state index contributed by atoms with van der Waals surface area (Å²) >= 11 is 0. The van der Waals surface area contributed by atoms with Gasteiger partial charge in [-0.3, -0.25) is 0 Å². The normalized spacial score (nSPS) is 29.1. The molecule has 0 heterocycles. The number of hydrogen-bond acceptors (Lipinski definition) is 3. The van der Waals surface area contributed by atoms with Crippen molar-refractivity contribution in [2.45, 2.75) is 30.6 Å². The molecular formula is C12H17NO2S. The van der Waals surface area contributed by atoms with Gasteiger partial charge in [0.05, 0.1) is 5.25 Å². The fourth-order valence-electron chi connectivity index (χ4n) is 2.24. The minimum absolute atomic E-state index is 0.0130. The Hall–Kier alpha value is -0.870. The molecule has 0 aromatic heterocycles. The van der Waals surface area contributed by atoms with Crippen molar-refractivity contribution >= 4 is 9.84 Å². The molecule has 3 nitrogen and oxygen atoms in total. The second-order valence-corrected chi connectivity index (χ2v) is 6.70. The molecule has 0 unspecified atom stereocenters. The summed E-state index contributed by atoms with van der Waals surface area (Å²) < 4.78 is 22.9. The predicted octanol–water partition coefficient (Wildman–Crippen LogP) is 1.09. The van der Waals surface area contributed by atoms with E-state index < -0.39 is 9.84 Å². The van der Waals surface area contributed by atoms with E-state index in [9.17, 15) is 8.42 Å². The largest absolute Gasteiger partial charge is 0.326 e. The van der Waals surface area contributed by atoms with Gasteiger partial charge in [0.25, 0.3) is 0 Å². The van der Waals surface area contributed by atoms with Crippen LogP contribution in [0.25, 0.3) is 0 Å². The SMILES string of the molecule is CCc1ccc([C@H]2[C@H](N)[C@@H]2S(C)(=O)=O)cc1. The van der Waals surface area contributed by atoms with Gasteiger partial charge < -0.3 is 5.73 Å². The van der Waals surface area contributed by atoms with Crippen LogP contribution in [0, 0.1) is 0 Å². The van der Waals surface area contributed by atoms with E-state index in [2.05, 4.69) is 6.92 Å². The summed E-state index contributed by atoms with van der Waals surface area (Å²) in [5.41, 5.74) is 8.12. The number of benzene rings is 1. The van der Waals surface area contributed by atoms with Crippen molar-refractivity contribution in [2.24, 2.45) is 5.73 Å². The van der Waals surface area contributed by atoms with Crippen LogP contribution in [0.15, 0.2) is 24.3 Å². The van der Waals surface area contributed by atoms with E-state index >= 15 is 0 Å². The van der Waals surface area contributed by atoms with Crippen molar-refractivity contribution in [1.29, 1.82) is 0 Å². The minimum Gasteiger partial charge on any atom is -0.326 e. The van der Waals surface area contributed by atoms with Crippen molar-refractivity contribution < 1.29 is 8.42 Å². The third-order valence-electron chi connectivity index (χ3n) is 3.27. The smallest absolute Gasteiger partial charge is 0.152 e. The van der Waals surface area contributed by atoms with E-state index in [1.54, 1.807) is 0 Å². The van der Waals surface area contributed by atoms with E-state index in [1.807, 2.05) is 24.3 Å². The average Bonchev–Trinajstić information content (AvgIpc) is 2.90. The Labute approximate surface area is 96.6 Å². The topological polar surface area (TPSA) is 60.2 Å². The molecule has 4 heteroatoms. The zero-order valence-corrected chi connectivity index (χ0v) is 10.4. The van der Waals surface area contributed by atoms with Crippen molar-refractivity contribution in [3.05, 3.63) is 35.4 Å². The van der Waals surface area contributed by atoms with Crippen LogP contribution < -0.4 is 5.73 Å². The molecule has 2 N–H and O–H groups in total. The summed E-state index contributed by atoms with van der Waals surface area (Å²) in [6, 6.07) is 7.84. The van der Waals surface area contributed by atoms with Crippen LogP contribution in [0.2, 0.25) is 0 Å². The summed E-state index contributed by atoms with van der Waals surface area (Å²) in [6.07, 6.45) is 2.25. The third kappa shape index (κ3) is 1.99. The molecular weight excluding hydrogens is 222 g/mol. The second-order valence-electron chi connectivity index (χ2n) is 4.49. The maximum Gasteiger partial charge on any atom is 0.152 e. The number of rotatable bonds is 3. The molecule has 0 amide bonds. The molecule has 2 rings (SSSR count). The van der Waals surface area contributed by atoms with Crippen molar-refractivity contribution in [3.63, 3.8) is 0 Å². The lowest BCUT2D eigenvalue weighted by molar-refractivity contribution is 0.599. The molecule has 16 heavy (non-hydrogen) atoms. The van der Waals surface area contributed by atoms with Crippen LogP contribution >= 0.6 is 0 Å². The first-order valence-corrected chi connectivity index (χ1v) is 7.44. The Kier molecular flexibility index (Phi) is 2.80. The Morgan fingerprint density at radius 3 is 2.19 bits per heavy atom. The van der Waals surface area contributed by atoms with E-state index in [0.29, 0.717) is 0 Å². The van der Waals surface area contributed by atoms with Crippen LogP contribution in [0.5, 0.6) is 0 Å². The van der Waals surface area contributed by atoms with Crippen LogP contribution in [0.4, 0.5) is 0 Å². The first-order valence-electron chi connectivity index (χ1n) is 5.48. The molecule has 1 aromatic carbocycles. The predicted molar refractivity (Wildman–Crippen MR) is 65.2 cm³/mol. The van der Waals surface area contributed by atoms with Gasteiger partial charge in [0.15, 0.2) is 9.84 Å². The van der Waals surface area contributed by atoms with E-state index in [1.165, 1.54) is 11.8 Å². The Morgan fingerprint density at radius 1 is 1.25 bits per heavy atom. The Balaban J connectivity index is 2.21. The lowest BCUT2D eigenvalue weighted by Gasteiger charge is -2.01. The number of sulfone groups is 1. The van der Waals surface area contributed by atoms with Gasteiger partial charge in [0.2, 0.25) is 0 Å². The molecule has 0 bridgehead atoms. The molecule has 1 aliphatic carbocycles. The summed E-state index contributed by atoms with van der Waals surface area (Å²) in [4.78, 5) is 0. The maximum absolute atomic E-state index is 11.4. The highest BCUT2D eigenvalue weighted by Crippen LogP contribution is 2.44. The highest BCUT2D eigenvalue weighted by molar-refractivity contribution is 7.91. The summed E-state index contributed by atoms with van der Waals surface area (Å²) in [5, 5.41) is -0.389. The number of nitrogens with two attached hydrogens (primary N) is 1. The highest BCUT2D eigenvalue weighted by atomic mass is 32.2. The molecule has 0 aliphatic heterocycles. The van der Waals surface area contributed by atoms with Crippen LogP contribution in [-0.2, 0) is 16.3 Å². The Morgan fingerprint density at radius 2 is 1.81 bits per heavy atom. The van der Waals surface area contributed by atoms with Gasteiger partial charge in [0.1, 0.15) is 0 Å². The highest BCUT2D eigenvalue weighted by Gasteiger charge is 2.54. The van der Waals surface area contributed by atoms with E-state index in [4.69, 9.17) is 5.73 Å². The monoisotopic (exact) mass is 239 g/mol. The lowest BCUT2D eigenvalue weighted by atomic mass is 10.1. The zero-order chi connectivity index (χ0) is 11.9. The fourth-order valence-corrected chi connectivity index (χ4v) is 3.77. The molecule has 0 spiro atoms. The first kappa shape index (κ1) is 11.6. The standard InChI is InChI=1S/C12H17NO2S/c1-3-8-4-6-9(7-5-8)10-11(13)12(10)16(2,14)15/h4-7,10-12H,3,13H2,1-2H3/t10-,11-,12+/m0/s1. The lowest BCUT2D eigenvalue weighted by Crippen LogP contribution is -2.13. The van der Waals surface area contributed by atoms with Gasteiger partial charge >= 0.3 is 0 Å². The van der Waals surface area contributed by atoms with Crippen LogP contribution in [0.3, 0.4) is 0 Å². The molecule has 0 radical (unpaired) electrons. The Bertz CT molecular complexity index is 478. The van der Waals surface area contributed by atoms with Gasteiger partial charge in [0, 0.05) is 18.2 Å². The van der Waals surface area contributed by atoms with Gasteiger partial charge in [-0.25, -0.2) is 8.42 Å². The maximum atomic E-state index is 11.4. The van der Waals surface area contributed by atoms with Crippen LogP contribution in [0.1, 0.15) is 24.0 Å². The van der Waals surface area contributed by atoms with Gasteiger partial charge in [-0.2, -0.15) is 0 Å². The van der Waals surface area contributed by atoms with E-state index in [-0.39, 0.29) is 17.2 Å². The molecule has 1 saturated carbocycles. The van der Waals surface area contributed by atoms with Gasteiger partial charge in [-0.15, -0.1) is 0 Å².